The highest BCUT2D eigenvalue weighted by molar-refractivity contribution is 5.14. The molecule has 1 aromatic rings. The van der Waals surface area contributed by atoms with E-state index in [2.05, 4.69) is 0 Å². The van der Waals surface area contributed by atoms with Crippen LogP contribution in [-0.4, -0.2) is 28.5 Å². The monoisotopic (exact) mass is 256 g/mol. The molecule has 0 heterocycles. The third-order valence-corrected chi connectivity index (χ3v) is 2.58. The maximum absolute atomic E-state index is 12.6. The Bertz CT molecular complexity index is 343. The molecule has 1 rings (SSSR count). The molecule has 0 aliphatic carbocycles. The molecule has 102 valence electrons. The third-order valence-electron chi connectivity index (χ3n) is 2.58. The van der Waals surface area contributed by atoms with Crippen molar-refractivity contribution >= 4 is 0 Å². The fourth-order valence-electron chi connectivity index (χ4n) is 1.50. The van der Waals surface area contributed by atoms with E-state index in [1.807, 2.05) is 0 Å². The molecule has 18 heavy (non-hydrogen) atoms. The molecular weight excluding hydrogens is 235 g/mol. The van der Waals surface area contributed by atoms with Crippen LogP contribution < -0.4 is 0 Å². The second-order valence-corrected chi connectivity index (χ2v) is 5.15. The van der Waals surface area contributed by atoms with Crippen LogP contribution in [0.5, 0.6) is 0 Å². The molecule has 0 bridgehead atoms. The molecule has 0 saturated carbocycles. The van der Waals surface area contributed by atoms with E-state index in [1.165, 1.54) is 12.1 Å². The third kappa shape index (κ3) is 6.69. The van der Waals surface area contributed by atoms with Crippen molar-refractivity contribution in [3.05, 3.63) is 35.6 Å². The largest absolute Gasteiger partial charge is 0.391 e. The molecular formula is C14H21FO3. The second-order valence-electron chi connectivity index (χ2n) is 5.15. The molecule has 1 atom stereocenters. The number of hydrogen-bond donors (Lipinski definition) is 2. The van der Waals surface area contributed by atoms with Crippen LogP contribution in [0.4, 0.5) is 4.39 Å². The Labute approximate surface area is 107 Å². The Morgan fingerprint density at radius 1 is 1.28 bits per heavy atom. The number of ether oxygens (including phenoxy) is 1. The summed E-state index contributed by atoms with van der Waals surface area (Å²) in [6, 6.07) is 6.06. The van der Waals surface area contributed by atoms with Crippen LogP contribution in [0.15, 0.2) is 24.3 Å². The van der Waals surface area contributed by atoms with Gasteiger partial charge in [-0.2, -0.15) is 0 Å². The summed E-state index contributed by atoms with van der Waals surface area (Å²) in [6.45, 7) is 3.98. The summed E-state index contributed by atoms with van der Waals surface area (Å²) in [5.41, 5.74) is 0.101. The van der Waals surface area contributed by atoms with E-state index in [0.29, 0.717) is 19.4 Å². The lowest BCUT2D eigenvalue weighted by Crippen LogP contribution is -2.23. The van der Waals surface area contributed by atoms with E-state index >= 15 is 0 Å². The number of halogens is 1. The van der Waals surface area contributed by atoms with Crippen LogP contribution in [0.3, 0.4) is 0 Å². The smallest absolute Gasteiger partial charge is 0.123 e. The van der Waals surface area contributed by atoms with Crippen molar-refractivity contribution in [2.75, 3.05) is 6.61 Å². The Morgan fingerprint density at radius 2 is 1.89 bits per heavy atom. The van der Waals surface area contributed by atoms with Gasteiger partial charge < -0.3 is 14.9 Å². The molecule has 4 heteroatoms. The average Bonchev–Trinajstić information content (AvgIpc) is 2.28. The van der Waals surface area contributed by atoms with Gasteiger partial charge in [-0.05, 0) is 44.4 Å². The van der Waals surface area contributed by atoms with Crippen LogP contribution >= 0.6 is 0 Å². The van der Waals surface area contributed by atoms with Gasteiger partial charge in [-0.3, -0.25) is 0 Å². The number of hydrogen-bond acceptors (Lipinski definition) is 3. The number of benzene rings is 1. The summed E-state index contributed by atoms with van der Waals surface area (Å²) >= 11 is 0. The van der Waals surface area contributed by atoms with Crippen LogP contribution in [0.2, 0.25) is 0 Å². The minimum Gasteiger partial charge on any atom is -0.391 e. The van der Waals surface area contributed by atoms with Crippen molar-refractivity contribution in [2.24, 2.45) is 0 Å². The first-order valence-corrected chi connectivity index (χ1v) is 6.09. The molecule has 2 N–H and O–H groups in total. The highest BCUT2D eigenvalue weighted by atomic mass is 19.1. The maximum Gasteiger partial charge on any atom is 0.123 e. The standard InChI is InChI=1S/C14H21FO3/c1-14(2,17)8-7-13(16)10-18-9-11-3-5-12(15)6-4-11/h3-6,13,16-17H,7-10H2,1-2H3. The van der Waals surface area contributed by atoms with Crippen molar-refractivity contribution < 1.29 is 19.3 Å². The summed E-state index contributed by atoms with van der Waals surface area (Å²) in [4.78, 5) is 0. The lowest BCUT2D eigenvalue weighted by Gasteiger charge is -2.19. The number of aliphatic hydroxyl groups excluding tert-OH is 1. The van der Waals surface area contributed by atoms with E-state index in [0.717, 1.165) is 5.56 Å². The van der Waals surface area contributed by atoms with Crippen molar-refractivity contribution in [1.29, 1.82) is 0 Å². The van der Waals surface area contributed by atoms with Gasteiger partial charge in [0.2, 0.25) is 0 Å². The van der Waals surface area contributed by atoms with Crippen molar-refractivity contribution in [3.8, 4) is 0 Å². The van der Waals surface area contributed by atoms with Gasteiger partial charge in [-0.15, -0.1) is 0 Å². The Hall–Kier alpha value is -0.970. The molecule has 0 aliphatic heterocycles. The average molecular weight is 256 g/mol. The Kier molecular flexibility index (Phi) is 5.72. The molecule has 0 saturated heterocycles. The van der Waals surface area contributed by atoms with Gasteiger partial charge in [-0.25, -0.2) is 4.39 Å². The fourth-order valence-corrected chi connectivity index (χ4v) is 1.50. The summed E-state index contributed by atoms with van der Waals surface area (Å²) in [7, 11) is 0. The first-order chi connectivity index (χ1) is 8.37. The van der Waals surface area contributed by atoms with Crippen LogP contribution in [0.1, 0.15) is 32.3 Å². The Morgan fingerprint density at radius 3 is 2.44 bits per heavy atom. The lowest BCUT2D eigenvalue weighted by atomic mass is 10.0. The van der Waals surface area contributed by atoms with Gasteiger partial charge in [0.25, 0.3) is 0 Å². The summed E-state index contributed by atoms with van der Waals surface area (Å²) in [5.74, 6) is -0.274. The predicted octanol–water partition coefficient (Wildman–Crippen LogP) is 2.25. The molecule has 0 radical (unpaired) electrons. The zero-order valence-electron chi connectivity index (χ0n) is 10.9. The second kappa shape index (κ2) is 6.83. The quantitative estimate of drug-likeness (QED) is 0.786. The molecule has 0 aliphatic rings. The predicted molar refractivity (Wildman–Crippen MR) is 67.6 cm³/mol. The van der Waals surface area contributed by atoms with Gasteiger partial charge in [0, 0.05) is 0 Å². The van der Waals surface area contributed by atoms with Gasteiger partial charge >= 0.3 is 0 Å². The minimum atomic E-state index is -0.766. The van der Waals surface area contributed by atoms with E-state index in [-0.39, 0.29) is 12.4 Å². The molecule has 3 nitrogen and oxygen atoms in total. The van der Waals surface area contributed by atoms with Crippen LogP contribution in [-0.2, 0) is 11.3 Å². The van der Waals surface area contributed by atoms with Gasteiger partial charge in [0.15, 0.2) is 0 Å². The van der Waals surface area contributed by atoms with E-state index in [4.69, 9.17) is 4.74 Å². The fraction of sp³-hybridized carbons (Fsp3) is 0.571. The van der Waals surface area contributed by atoms with Crippen molar-refractivity contribution in [3.63, 3.8) is 0 Å². The maximum atomic E-state index is 12.6. The van der Waals surface area contributed by atoms with Gasteiger partial charge in [0.05, 0.1) is 24.9 Å². The topological polar surface area (TPSA) is 49.7 Å². The molecule has 0 fully saturated rings. The molecule has 0 aromatic heterocycles. The SMILES string of the molecule is CC(C)(O)CCC(O)COCc1ccc(F)cc1. The lowest BCUT2D eigenvalue weighted by molar-refractivity contribution is 0.00338. The highest BCUT2D eigenvalue weighted by Gasteiger charge is 2.15. The number of aliphatic hydroxyl groups is 2. The van der Waals surface area contributed by atoms with E-state index in [9.17, 15) is 14.6 Å². The first-order valence-electron chi connectivity index (χ1n) is 6.09. The van der Waals surface area contributed by atoms with Crippen LogP contribution in [0.25, 0.3) is 0 Å². The summed E-state index contributed by atoms with van der Waals surface area (Å²) in [6.07, 6.45) is 0.429. The van der Waals surface area contributed by atoms with Gasteiger partial charge in [-0.1, -0.05) is 12.1 Å². The summed E-state index contributed by atoms with van der Waals surface area (Å²) in [5, 5.41) is 19.1. The van der Waals surface area contributed by atoms with Gasteiger partial charge in [0.1, 0.15) is 5.82 Å². The number of rotatable bonds is 7. The zero-order chi connectivity index (χ0) is 13.6. The Balaban J connectivity index is 2.19. The molecule has 1 unspecified atom stereocenters. The van der Waals surface area contributed by atoms with Crippen molar-refractivity contribution in [2.45, 2.75) is 45.0 Å². The van der Waals surface area contributed by atoms with E-state index < -0.39 is 11.7 Å². The van der Waals surface area contributed by atoms with Crippen molar-refractivity contribution in [1.82, 2.24) is 0 Å². The zero-order valence-corrected chi connectivity index (χ0v) is 10.9. The van der Waals surface area contributed by atoms with E-state index in [1.54, 1.807) is 26.0 Å². The van der Waals surface area contributed by atoms with Crippen LogP contribution in [0, 0.1) is 5.82 Å². The molecule has 0 amide bonds. The normalized spacial score (nSPS) is 13.6. The molecule has 1 aromatic carbocycles. The minimum absolute atomic E-state index is 0.216. The first kappa shape index (κ1) is 15.1. The highest BCUT2D eigenvalue weighted by Crippen LogP contribution is 2.12. The molecule has 0 spiro atoms. The summed E-state index contributed by atoms with van der Waals surface area (Å²) < 4.78 is 18.0.